The summed E-state index contributed by atoms with van der Waals surface area (Å²) >= 11 is 6.16. The second kappa shape index (κ2) is 3.65. The predicted octanol–water partition coefficient (Wildman–Crippen LogP) is 3.88. The van der Waals surface area contributed by atoms with Gasteiger partial charge in [0.2, 0.25) is 0 Å². The summed E-state index contributed by atoms with van der Waals surface area (Å²) in [7, 11) is 0. The number of aromatic amines is 1. The van der Waals surface area contributed by atoms with Crippen LogP contribution in [0.3, 0.4) is 0 Å². The fraction of sp³-hybridized carbons (Fsp3) is 0. The monoisotopic (exact) mass is 228 g/mol. The zero-order valence-corrected chi connectivity index (χ0v) is 9.20. The van der Waals surface area contributed by atoms with Gasteiger partial charge in [-0.05, 0) is 23.8 Å². The van der Waals surface area contributed by atoms with Gasteiger partial charge >= 0.3 is 0 Å². The van der Waals surface area contributed by atoms with E-state index in [2.05, 4.69) is 16.0 Å². The number of fused-ring (bicyclic) bond motifs is 1. The van der Waals surface area contributed by atoms with Crippen molar-refractivity contribution in [3.8, 4) is 11.1 Å². The van der Waals surface area contributed by atoms with E-state index in [1.807, 2.05) is 36.4 Å². The van der Waals surface area contributed by atoms with E-state index < -0.39 is 0 Å². The van der Waals surface area contributed by atoms with Crippen LogP contribution in [0.25, 0.3) is 22.2 Å². The van der Waals surface area contributed by atoms with Crippen LogP contribution < -0.4 is 0 Å². The molecule has 1 heterocycles. The smallest absolute Gasteiger partial charge is 0.0931 e. The van der Waals surface area contributed by atoms with Gasteiger partial charge in [-0.25, -0.2) is 4.98 Å². The van der Waals surface area contributed by atoms with Crippen LogP contribution in [-0.4, -0.2) is 9.97 Å². The molecule has 3 rings (SSSR count). The van der Waals surface area contributed by atoms with Gasteiger partial charge in [-0.15, -0.1) is 0 Å². The minimum Gasteiger partial charge on any atom is -0.345 e. The lowest BCUT2D eigenvalue weighted by Crippen LogP contribution is -1.79. The van der Waals surface area contributed by atoms with E-state index in [4.69, 9.17) is 11.6 Å². The van der Waals surface area contributed by atoms with Crippen molar-refractivity contribution in [2.24, 2.45) is 0 Å². The summed E-state index contributed by atoms with van der Waals surface area (Å²) in [5.74, 6) is 0. The maximum Gasteiger partial charge on any atom is 0.0931 e. The molecule has 0 amide bonds. The van der Waals surface area contributed by atoms with E-state index in [-0.39, 0.29) is 0 Å². The van der Waals surface area contributed by atoms with Crippen molar-refractivity contribution in [1.29, 1.82) is 0 Å². The van der Waals surface area contributed by atoms with Crippen molar-refractivity contribution in [3.63, 3.8) is 0 Å². The molecule has 0 unspecified atom stereocenters. The number of nitrogens with zero attached hydrogens (tertiary/aromatic N) is 1. The normalized spacial score (nSPS) is 10.8. The van der Waals surface area contributed by atoms with Crippen molar-refractivity contribution in [2.75, 3.05) is 0 Å². The quantitative estimate of drug-likeness (QED) is 0.673. The summed E-state index contributed by atoms with van der Waals surface area (Å²) in [6.07, 6.45) is 1.70. The van der Waals surface area contributed by atoms with Crippen LogP contribution in [0.4, 0.5) is 0 Å². The molecule has 78 valence electrons. The van der Waals surface area contributed by atoms with E-state index in [1.165, 1.54) is 0 Å². The maximum atomic E-state index is 6.16. The Labute approximate surface area is 97.9 Å². The molecule has 0 aliphatic rings. The molecule has 0 spiro atoms. The van der Waals surface area contributed by atoms with Crippen LogP contribution >= 0.6 is 11.6 Å². The lowest BCUT2D eigenvalue weighted by atomic mass is 10.1. The summed E-state index contributed by atoms with van der Waals surface area (Å²) in [5, 5.41) is 0.765. The van der Waals surface area contributed by atoms with Gasteiger partial charge in [-0.2, -0.15) is 0 Å². The number of halogens is 1. The fourth-order valence-corrected chi connectivity index (χ4v) is 2.04. The van der Waals surface area contributed by atoms with Gasteiger partial charge in [-0.3, -0.25) is 0 Å². The second-order valence-corrected chi connectivity index (χ2v) is 4.02. The van der Waals surface area contributed by atoms with Crippen LogP contribution in [0.15, 0.2) is 48.8 Å². The van der Waals surface area contributed by atoms with Gasteiger partial charge in [0.1, 0.15) is 0 Å². The molecule has 1 aromatic heterocycles. The minimum atomic E-state index is 0.765. The van der Waals surface area contributed by atoms with Gasteiger partial charge in [0, 0.05) is 10.6 Å². The SMILES string of the molecule is Clc1ccccc1-c1ccc2nc[nH]c2c1. The van der Waals surface area contributed by atoms with Crippen molar-refractivity contribution >= 4 is 22.6 Å². The first-order valence-electron chi connectivity index (χ1n) is 5.02. The number of aromatic nitrogens is 2. The van der Waals surface area contributed by atoms with Gasteiger partial charge in [-0.1, -0.05) is 35.9 Å². The van der Waals surface area contributed by atoms with Crippen LogP contribution in [0.2, 0.25) is 5.02 Å². The molecular formula is C13H9ClN2. The highest BCUT2D eigenvalue weighted by molar-refractivity contribution is 6.33. The van der Waals surface area contributed by atoms with E-state index in [9.17, 15) is 0 Å². The zero-order chi connectivity index (χ0) is 11.0. The molecule has 0 aliphatic heterocycles. The Hall–Kier alpha value is -1.80. The third-order valence-corrected chi connectivity index (χ3v) is 2.93. The average molecular weight is 229 g/mol. The number of hydrogen-bond donors (Lipinski definition) is 1. The molecule has 0 saturated carbocycles. The van der Waals surface area contributed by atoms with Crippen molar-refractivity contribution in [1.82, 2.24) is 9.97 Å². The van der Waals surface area contributed by atoms with Gasteiger partial charge in [0.05, 0.1) is 17.4 Å². The molecule has 3 heteroatoms. The van der Waals surface area contributed by atoms with Crippen LogP contribution in [0, 0.1) is 0 Å². The number of benzene rings is 2. The Morgan fingerprint density at radius 3 is 2.81 bits per heavy atom. The van der Waals surface area contributed by atoms with Crippen LogP contribution in [0.5, 0.6) is 0 Å². The highest BCUT2D eigenvalue weighted by Crippen LogP contribution is 2.28. The van der Waals surface area contributed by atoms with Gasteiger partial charge in [0.25, 0.3) is 0 Å². The topological polar surface area (TPSA) is 28.7 Å². The molecule has 2 nitrogen and oxygen atoms in total. The molecule has 0 atom stereocenters. The molecule has 0 saturated heterocycles. The van der Waals surface area contributed by atoms with Gasteiger partial charge < -0.3 is 4.98 Å². The molecular weight excluding hydrogens is 220 g/mol. The number of rotatable bonds is 1. The Morgan fingerprint density at radius 1 is 1.06 bits per heavy atom. The lowest BCUT2D eigenvalue weighted by Gasteiger charge is -2.03. The molecule has 2 aromatic carbocycles. The molecule has 0 fully saturated rings. The number of hydrogen-bond acceptors (Lipinski definition) is 1. The summed E-state index contributed by atoms with van der Waals surface area (Å²) in [5.41, 5.74) is 4.14. The van der Waals surface area contributed by atoms with Gasteiger partial charge in [0.15, 0.2) is 0 Å². The lowest BCUT2D eigenvalue weighted by molar-refractivity contribution is 1.34. The van der Waals surface area contributed by atoms with Crippen molar-refractivity contribution < 1.29 is 0 Å². The zero-order valence-electron chi connectivity index (χ0n) is 8.44. The Bertz CT molecular complexity index is 643. The largest absolute Gasteiger partial charge is 0.345 e. The number of nitrogens with one attached hydrogen (secondary N) is 1. The molecule has 0 aliphatic carbocycles. The van der Waals surface area contributed by atoms with Crippen LogP contribution in [0.1, 0.15) is 0 Å². The van der Waals surface area contributed by atoms with E-state index >= 15 is 0 Å². The van der Waals surface area contributed by atoms with Crippen molar-refractivity contribution in [2.45, 2.75) is 0 Å². The molecule has 16 heavy (non-hydrogen) atoms. The molecule has 0 bridgehead atoms. The predicted molar refractivity (Wildman–Crippen MR) is 66.5 cm³/mol. The number of H-pyrrole nitrogens is 1. The third kappa shape index (κ3) is 1.48. The number of imidazole rings is 1. The molecule has 0 radical (unpaired) electrons. The first-order valence-corrected chi connectivity index (χ1v) is 5.40. The van der Waals surface area contributed by atoms with Crippen molar-refractivity contribution in [3.05, 3.63) is 53.8 Å². The Kier molecular flexibility index (Phi) is 2.15. The standard InChI is InChI=1S/C13H9ClN2/c14-11-4-2-1-3-10(11)9-5-6-12-13(7-9)16-8-15-12/h1-8H,(H,15,16). The second-order valence-electron chi connectivity index (χ2n) is 3.61. The maximum absolute atomic E-state index is 6.16. The third-order valence-electron chi connectivity index (χ3n) is 2.61. The summed E-state index contributed by atoms with van der Waals surface area (Å²) in [4.78, 5) is 7.28. The minimum absolute atomic E-state index is 0.765. The molecule has 3 aromatic rings. The first-order chi connectivity index (χ1) is 7.84. The van der Waals surface area contributed by atoms with Crippen LogP contribution in [-0.2, 0) is 0 Å². The highest BCUT2D eigenvalue weighted by atomic mass is 35.5. The fourth-order valence-electron chi connectivity index (χ4n) is 1.80. The summed E-state index contributed by atoms with van der Waals surface area (Å²) in [6, 6.07) is 13.9. The Balaban J connectivity index is 2.22. The average Bonchev–Trinajstić information content (AvgIpc) is 2.76. The highest BCUT2D eigenvalue weighted by Gasteiger charge is 2.04. The van der Waals surface area contributed by atoms with E-state index in [0.29, 0.717) is 0 Å². The Morgan fingerprint density at radius 2 is 1.94 bits per heavy atom. The first kappa shape index (κ1) is 9.43. The van der Waals surface area contributed by atoms with E-state index in [0.717, 1.165) is 27.2 Å². The van der Waals surface area contributed by atoms with E-state index in [1.54, 1.807) is 6.33 Å². The summed E-state index contributed by atoms with van der Waals surface area (Å²) < 4.78 is 0. The summed E-state index contributed by atoms with van der Waals surface area (Å²) in [6.45, 7) is 0. The molecule has 1 N–H and O–H groups in total.